The van der Waals surface area contributed by atoms with Crippen LogP contribution in [0.4, 0.5) is 0 Å². The van der Waals surface area contributed by atoms with Gasteiger partial charge in [-0.15, -0.1) is 0 Å². The lowest BCUT2D eigenvalue weighted by atomic mass is 10.0. The van der Waals surface area contributed by atoms with E-state index in [1.54, 1.807) is 0 Å². The molecular formula is C17H27N3. The highest BCUT2D eigenvalue weighted by Gasteiger charge is 2.33. The third kappa shape index (κ3) is 4.26. The summed E-state index contributed by atoms with van der Waals surface area (Å²) in [6, 6.07) is 9.37. The summed E-state index contributed by atoms with van der Waals surface area (Å²) in [5.74, 6) is 2.19. The Labute approximate surface area is 122 Å². The van der Waals surface area contributed by atoms with Crippen LogP contribution in [-0.2, 0) is 0 Å². The first-order chi connectivity index (χ1) is 9.60. The zero-order chi connectivity index (χ0) is 14.5. The Bertz CT molecular complexity index is 450. The number of nitrogens with one attached hydrogen (secondary N) is 2. The Morgan fingerprint density at radius 3 is 2.55 bits per heavy atom. The Balaban J connectivity index is 1.91. The summed E-state index contributed by atoms with van der Waals surface area (Å²) < 4.78 is 0. The van der Waals surface area contributed by atoms with Gasteiger partial charge in [0.25, 0.3) is 0 Å². The molecule has 0 radical (unpaired) electrons. The molecule has 2 rings (SSSR count). The van der Waals surface area contributed by atoms with Gasteiger partial charge in [-0.2, -0.15) is 0 Å². The number of hydrogen-bond acceptors (Lipinski definition) is 1. The average Bonchev–Trinajstić information content (AvgIpc) is 3.12. The minimum absolute atomic E-state index is 0.447. The molecule has 3 heteroatoms. The summed E-state index contributed by atoms with van der Waals surface area (Å²) in [4.78, 5) is 4.72. The fourth-order valence-electron chi connectivity index (χ4n) is 2.25. The van der Waals surface area contributed by atoms with Gasteiger partial charge in [0.05, 0.1) is 0 Å². The first-order valence-electron chi connectivity index (χ1n) is 7.71. The van der Waals surface area contributed by atoms with E-state index in [1.165, 1.54) is 17.5 Å². The molecule has 1 aromatic carbocycles. The van der Waals surface area contributed by atoms with Gasteiger partial charge in [-0.05, 0) is 31.7 Å². The fourth-order valence-corrected chi connectivity index (χ4v) is 2.25. The molecule has 0 aromatic heterocycles. The first-order valence-corrected chi connectivity index (χ1v) is 7.71. The van der Waals surface area contributed by atoms with E-state index in [1.807, 2.05) is 0 Å². The first kappa shape index (κ1) is 14.9. The zero-order valence-electron chi connectivity index (χ0n) is 13.1. The summed E-state index contributed by atoms with van der Waals surface area (Å²) in [5, 5.41) is 6.83. The van der Waals surface area contributed by atoms with Gasteiger partial charge in [-0.25, -0.2) is 0 Å². The second kappa shape index (κ2) is 6.78. The van der Waals surface area contributed by atoms with Crippen molar-refractivity contribution in [3.63, 3.8) is 0 Å². The molecule has 0 spiro atoms. The number of aryl methyl sites for hydroxylation is 1. The summed E-state index contributed by atoms with van der Waals surface area (Å²) in [7, 11) is 0. The van der Waals surface area contributed by atoms with Gasteiger partial charge in [0, 0.05) is 25.0 Å². The maximum atomic E-state index is 4.72. The molecule has 0 heterocycles. The molecule has 0 bridgehead atoms. The molecule has 2 N–H and O–H groups in total. The maximum absolute atomic E-state index is 4.72. The van der Waals surface area contributed by atoms with E-state index >= 15 is 0 Å². The molecule has 3 unspecified atom stereocenters. The average molecular weight is 273 g/mol. The molecule has 3 atom stereocenters. The quantitative estimate of drug-likeness (QED) is 0.639. The molecule has 0 saturated heterocycles. The van der Waals surface area contributed by atoms with E-state index in [-0.39, 0.29) is 0 Å². The normalized spacial score (nSPS) is 23.3. The van der Waals surface area contributed by atoms with Crippen LogP contribution >= 0.6 is 0 Å². The lowest BCUT2D eigenvalue weighted by Gasteiger charge is -2.13. The molecule has 1 saturated carbocycles. The highest BCUT2D eigenvalue weighted by atomic mass is 15.2. The van der Waals surface area contributed by atoms with Crippen LogP contribution in [0.15, 0.2) is 29.3 Å². The minimum Gasteiger partial charge on any atom is -0.357 e. The van der Waals surface area contributed by atoms with E-state index in [2.05, 4.69) is 62.6 Å². The molecular weight excluding hydrogens is 246 g/mol. The van der Waals surface area contributed by atoms with Gasteiger partial charge in [0.1, 0.15) is 0 Å². The number of hydrogen-bond donors (Lipinski definition) is 2. The monoisotopic (exact) mass is 273 g/mol. The Kier molecular flexibility index (Phi) is 5.05. The zero-order valence-corrected chi connectivity index (χ0v) is 13.1. The minimum atomic E-state index is 0.447. The van der Waals surface area contributed by atoms with Crippen molar-refractivity contribution in [1.29, 1.82) is 0 Å². The van der Waals surface area contributed by atoms with Crippen molar-refractivity contribution in [1.82, 2.24) is 10.6 Å². The third-order valence-corrected chi connectivity index (χ3v) is 3.95. The molecule has 20 heavy (non-hydrogen) atoms. The molecule has 1 aromatic rings. The van der Waals surface area contributed by atoms with Crippen molar-refractivity contribution >= 4 is 5.96 Å². The third-order valence-electron chi connectivity index (χ3n) is 3.95. The standard InChI is InChI=1S/C17H27N3/c1-5-18-17(20-16-10-13(16)3)19-11-14(4)15-8-6-12(2)7-9-15/h6-9,13-14,16H,5,10-11H2,1-4H3,(H2,18,19,20). The summed E-state index contributed by atoms with van der Waals surface area (Å²) in [6.07, 6.45) is 1.26. The number of guanidine groups is 1. The van der Waals surface area contributed by atoms with Gasteiger partial charge in [0.15, 0.2) is 5.96 Å². The van der Waals surface area contributed by atoms with Crippen LogP contribution < -0.4 is 10.6 Å². The number of nitrogens with zero attached hydrogens (tertiary/aromatic N) is 1. The summed E-state index contributed by atoms with van der Waals surface area (Å²) in [5.41, 5.74) is 2.66. The molecule has 0 amide bonds. The molecule has 1 aliphatic carbocycles. The van der Waals surface area contributed by atoms with Crippen LogP contribution in [0.2, 0.25) is 0 Å². The highest BCUT2D eigenvalue weighted by molar-refractivity contribution is 5.80. The van der Waals surface area contributed by atoms with Gasteiger partial charge in [-0.3, -0.25) is 4.99 Å². The molecule has 0 aliphatic heterocycles. The van der Waals surface area contributed by atoms with E-state index in [0.29, 0.717) is 12.0 Å². The number of aliphatic imine (C=N–C) groups is 1. The van der Waals surface area contributed by atoms with E-state index in [0.717, 1.165) is 25.0 Å². The van der Waals surface area contributed by atoms with Gasteiger partial charge in [-0.1, -0.05) is 43.7 Å². The predicted octanol–water partition coefficient (Wildman–Crippen LogP) is 3.06. The Hall–Kier alpha value is -1.51. The number of benzene rings is 1. The van der Waals surface area contributed by atoms with Crippen molar-refractivity contribution < 1.29 is 0 Å². The maximum Gasteiger partial charge on any atom is 0.191 e. The van der Waals surface area contributed by atoms with E-state index < -0.39 is 0 Å². The predicted molar refractivity (Wildman–Crippen MR) is 86.3 cm³/mol. The van der Waals surface area contributed by atoms with Crippen molar-refractivity contribution in [2.45, 2.75) is 46.1 Å². The van der Waals surface area contributed by atoms with Crippen molar-refractivity contribution in [2.75, 3.05) is 13.1 Å². The lowest BCUT2D eigenvalue weighted by Crippen LogP contribution is -2.39. The SMILES string of the molecule is CCNC(=NCC(C)c1ccc(C)cc1)NC1CC1C. The molecule has 1 fully saturated rings. The number of rotatable bonds is 5. The Morgan fingerprint density at radius 2 is 2.00 bits per heavy atom. The van der Waals surface area contributed by atoms with Crippen LogP contribution in [0.3, 0.4) is 0 Å². The Morgan fingerprint density at radius 1 is 1.35 bits per heavy atom. The van der Waals surface area contributed by atoms with Crippen molar-refractivity contribution in [3.8, 4) is 0 Å². The molecule has 1 aliphatic rings. The van der Waals surface area contributed by atoms with E-state index in [4.69, 9.17) is 4.99 Å². The van der Waals surface area contributed by atoms with Gasteiger partial charge in [0.2, 0.25) is 0 Å². The largest absolute Gasteiger partial charge is 0.357 e. The summed E-state index contributed by atoms with van der Waals surface area (Å²) in [6.45, 7) is 10.5. The summed E-state index contributed by atoms with van der Waals surface area (Å²) >= 11 is 0. The molecule has 3 nitrogen and oxygen atoms in total. The van der Waals surface area contributed by atoms with Crippen LogP contribution in [0.5, 0.6) is 0 Å². The fraction of sp³-hybridized carbons (Fsp3) is 0.588. The van der Waals surface area contributed by atoms with Crippen molar-refractivity contribution in [2.24, 2.45) is 10.9 Å². The lowest BCUT2D eigenvalue weighted by molar-refractivity contribution is 0.734. The topological polar surface area (TPSA) is 36.4 Å². The second-order valence-corrected chi connectivity index (χ2v) is 6.00. The van der Waals surface area contributed by atoms with Crippen molar-refractivity contribution in [3.05, 3.63) is 35.4 Å². The van der Waals surface area contributed by atoms with Crippen LogP contribution in [-0.4, -0.2) is 25.1 Å². The smallest absolute Gasteiger partial charge is 0.191 e. The van der Waals surface area contributed by atoms with Crippen LogP contribution in [0, 0.1) is 12.8 Å². The van der Waals surface area contributed by atoms with E-state index in [9.17, 15) is 0 Å². The highest BCUT2D eigenvalue weighted by Crippen LogP contribution is 2.28. The van der Waals surface area contributed by atoms with Crippen LogP contribution in [0.25, 0.3) is 0 Å². The molecule has 110 valence electrons. The van der Waals surface area contributed by atoms with Gasteiger partial charge >= 0.3 is 0 Å². The second-order valence-electron chi connectivity index (χ2n) is 6.00. The van der Waals surface area contributed by atoms with Gasteiger partial charge < -0.3 is 10.6 Å². The van der Waals surface area contributed by atoms with Crippen LogP contribution in [0.1, 0.15) is 44.2 Å².